The number of carboxylic acid groups (broad SMARTS) is 1. The van der Waals surface area contributed by atoms with Crippen LogP contribution in [0.15, 0.2) is 0 Å². The van der Waals surface area contributed by atoms with Crippen LogP contribution in [0.4, 0.5) is 4.79 Å². The van der Waals surface area contributed by atoms with E-state index in [0.29, 0.717) is 18.7 Å². The van der Waals surface area contributed by atoms with Crippen molar-refractivity contribution in [2.24, 2.45) is 5.92 Å². The summed E-state index contributed by atoms with van der Waals surface area (Å²) in [6.07, 6.45) is 1.91. The molecule has 0 aromatic carbocycles. The van der Waals surface area contributed by atoms with Crippen molar-refractivity contribution in [2.45, 2.75) is 71.4 Å². The van der Waals surface area contributed by atoms with Gasteiger partial charge in [0.25, 0.3) is 0 Å². The molecule has 7 nitrogen and oxygen atoms in total. The zero-order valence-corrected chi connectivity index (χ0v) is 17.6. The summed E-state index contributed by atoms with van der Waals surface area (Å²) in [4.78, 5) is 29.9. The Morgan fingerprint density at radius 3 is 2.32 bits per heavy atom. The Balaban J connectivity index is 1.81. The Morgan fingerprint density at radius 1 is 1.21 bits per heavy atom. The minimum atomic E-state index is -0.927. The van der Waals surface area contributed by atoms with Crippen molar-refractivity contribution < 1.29 is 24.2 Å². The Kier molecular flexibility index (Phi) is 5.06. The van der Waals surface area contributed by atoms with Crippen molar-refractivity contribution in [3.63, 3.8) is 0 Å². The van der Waals surface area contributed by atoms with E-state index in [9.17, 15) is 14.7 Å². The number of nitrogens with zero attached hydrogens (tertiary/aromatic N) is 2. The maximum Gasteiger partial charge on any atom is 0.408 e. The van der Waals surface area contributed by atoms with Gasteiger partial charge in [-0.15, -0.1) is 0 Å². The smallest absolute Gasteiger partial charge is 0.408 e. The molecule has 28 heavy (non-hydrogen) atoms. The number of amides is 1. The number of pyridine rings is 1. The fourth-order valence-corrected chi connectivity index (χ4v) is 4.44. The largest absolute Gasteiger partial charge is 0.475 e. The van der Waals surface area contributed by atoms with Crippen molar-refractivity contribution in [1.82, 2.24) is 9.88 Å². The fraction of sp³-hybridized carbons (Fsp3) is 0.667. The minimum absolute atomic E-state index is 0.174. The van der Waals surface area contributed by atoms with Gasteiger partial charge in [-0.3, -0.25) is 9.69 Å². The first-order valence-electron chi connectivity index (χ1n) is 9.73. The molecule has 1 aromatic heterocycles. The van der Waals surface area contributed by atoms with E-state index in [1.165, 1.54) is 12.0 Å². The fourth-order valence-electron chi connectivity index (χ4n) is 4.44. The monoisotopic (exact) mass is 390 g/mol. The van der Waals surface area contributed by atoms with Crippen LogP contribution in [0.2, 0.25) is 0 Å². The quantitative estimate of drug-likeness (QED) is 0.776. The molecule has 2 aliphatic carbocycles. The summed E-state index contributed by atoms with van der Waals surface area (Å²) < 4.78 is 11.0. The van der Waals surface area contributed by atoms with Gasteiger partial charge in [0.15, 0.2) is 0 Å². The van der Waals surface area contributed by atoms with E-state index in [4.69, 9.17) is 9.47 Å². The molecule has 0 radical (unpaired) electrons. The van der Waals surface area contributed by atoms with Crippen LogP contribution in [0, 0.1) is 19.8 Å². The van der Waals surface area contributed by atoms with E-state index in [1.54, 1.807) is 0 Å². The highest BCUT2D eigenvalue weighted by atomic mass is 16.5. The molecule has 1 aromatic rings. The molecular formula is C21H30N2O5. The third kappa shape index (κ3) is 3.54. The number of fused-ring (bicyclic) bond motifs is 1. The highest BCUT2D eigenvalue weighted by Gasteiger charge is 2.55. The highest BCUT2D eigenvalue weighted by Crippen LogP contribution is 2.46. The van der Waals surface area contributed by atoms with Gasteiger partial charge in [-0.2, -0.15) is 0 Å². The zero-order chi connectivity index (χ0) is 20.9. The maximum atomic E-state index is 12.0. The Labute approximate surface area is 166 Å². The lowest BCUT2D eigenvalue weighted by Crippen LogP contribution is -2.55. The number of carbonyl (C=O) groups is 2. The maximum absolute atomic E-state index is 12.0. The van der Waals surface area contributed by atoms with Crippen LogP contribution in [0.25, 0.3) is 0 Å². The van der Waals surface area contributed by atoms with Crippen molar-refractivity contribution in [3.8, 4) is 5.88 Å². The topological polar surface area (TPSA) is 89.0 Å². The normalized spacial score (nSPS) is 19.7. The second-order valence-electron chi connectivity index (χ2n) is 9.01. The summed E-state index contributed by atoms with van der Waals surface area (Å²) in [5, 5.41) is 9.72. The van der Waals surface area contributed by atoms with E-state index in [-0.39, 0.29) is 18.5 Å². The van der Waals surface area contributed by atoms with Crippen LogP contribution in [-0.2, 0) is 22.4 Å². The molecule has 0 bridgehead atoms. The van der Waals surface area contributed by atoms with E-state index < -0.39 is 17.2 Å². The first-order chi connectivity index (χ1) is 13.0. The molecule has 1 heterocycles. The van der Waals surface area contributed by atoms with Crippen LogP contribution < -0.4 is 4.74 Å². The molecule has 7 heteroatoms. The number of hydrogen-bond donors (Lipinski definition) is 1. The van der Waals surface area contributed by atoms with Gasteiger partial charge in [0, 0.05) is 16.8 Å². The average Bonchev–Trinajstić information content (AvgIpc) is 3.20. The predicted molar refractivity (Wildman–Crippen MR) is 104 cm³/mol. The number of carbonyl (C=O) groups excluding carboxylic acids is 1. The number of aromatic nitrogens is 1. The second-order valence-corrected chi connectivity index (χ2v) is 9.01. The standard InChI is InChI=1S/C21H30N2O5/c1-12-15-9-14(18(24)27-6)10-16(15)13(2)22-17(12)28-11-21(7-8-21)23(19(25)26)20(3,4)5/h14H,7-11H2,1-6H3,(H,25,26). The summed E-state index contributed by atoms with van der Waals surface area (Å²) in [6, 6.07) is 0. The summed E-state index contributed by atoms with van der Waals surface area (Å²) in [6.45, 7) is 9.86. The Bertz CT molecular complexity index is 808. The summed E-state index contributed by atoms with van der Waals surface area (Å²) in [5.74, 6) is 0.164. The number of esters is 1. The van der Waals surface area contributed by atoms with Gasteiger partial charge < -0.3 is 14.6 Å². The van der Waals surface area contributed by atoms with Crippen molar-refractivity contribution in [1.29, 1.82) is 0 Å². The van der Waals surface area contributed by atoms with E-state index >= 15 is 0 Å². The third-order valence-corrected chi connectivity index (χ3v) is 5.92. The summed E-state index contributed by atoms with van der Waals surface area (Å²) in [7, 11) is 1.41. The number of aryl methyl sites for hydroxylation is 1. The molecule has 2 aliphatic rings. The zero-order valence-electron chi connectivity index (χ0n) is 17.6. The van der Waals surface area contributed by atoms with E-state index in [0.717, 1.165) is 35.2 Å². The minimum Gasteiger partial charge on any atom is -0.475 e. The van der Waals surface area contributed by atoms with Gasteiger partial charge in [-0.05, 0) is 71.4 Å². The molecule has 1 saturated carbocycles. The summed E-state index contributed by atoms with van der Waals surface area (Å²) in [5.41, 5.74) is 2.99. The van der Waals surface area contributed by atoms with Gasteiger partial charge in [0.2, 0.25) is 5.88 Å². The SMILES string of the molecule is COC(=O)C1Cc2c(C)nc(OCC3(N(C(=O)O)C(C)(C)C)CC3)c(C)c2C1. The molecule has 0 spiro atoms. The molecule has 154 valence electrons. The lowest BCUT2D eigenvalue weighted by Gasteiger charge is -2.40. The molecule has 1 N–H and O–H groups in total. The van der Waals surface area contributed by atoms with Gasteiger partial charge in [0.1, 0.15) is 6.61 Å². The summed E-state index contributed by atoms with van der Waals surface area (Å²) >= 11 is 0. The van der Waals surface area contributed by atoms with Crippen LogP contribution in [0.1, 0.15) is 56.0 Å². The molecule has 1 atom stereocenters. The number of methoxy groups -OCH3 is 1. The number of ether oxygens (including phenoxy) is 2. The molecule has 1 amide bonds. The van der Waals surface area contributed by atoms with Gasteiger partial charge in [0.05, 0.1) is 18.6 Å². The van der Waals surface area contributed by atoms with Crippen molar-refractivity contribution >= 4 is 12.1 Å². The van der Waals surface area contributed by atoms with Crippen molar-refractivity contribution in [3.05, 3.63) is 22.4 Å². The van der Waals surface area contributed by atoms with Crippen LogP contribution in [-0.4, -0.2) is 51.8 Å². The molecule has 1 unspecified atom stereocenters. The molecule has 0 saturated heterocycles. The number of rotatable bonds is 5. The van der Waals surface area contributed by atoms with Gasteiger partial charge >= 0.3 is 12.1 Å². The average molecular weight is 390 g/mol. The van der Waals surface area contributed by atoms with Crippen LogP contribution >= 0.6 is 0 Å². The first kappa shape index (κ1) is 20.4. The predicted octanol–water partition coefficient (Wildman–Crippen LogP) is 3.28. The lowest BCUT2D eigenvalue weighted by atomic mass is 10.0. The molecule has 0 aliphatic heterocycles. The van der Waals surface area contributed by atoms with Gasteiger partial charge in [-0.25, -0.2) is 9.78 Å². The Morgan fingerprint density at radius 2 is 1.82 bits per heavy atom. The van der Waals surface area contributed by atoms with E-state index in [1.807, 2.05) is 34.6 Å². The lowest BCUT2D eigenvalue weighted by molar-refractivity contribution is -0.145. The highest BCUT2D eigenvalue weighted by molar-refractivity contribution is 5.75. The van der Waals surface area contributed by atoms with Crippen molar-refractivity contribution in [2.75, 3.05) is 13.7 Å². The van der Waals surface area contributed by atoms with Crippen LogP contribution in [0.5, 0.6) is 5.88 Å². The molecule has 3 rings (SSSR count). The molecule has 1 fully saturated rings. The van der Waals surface area contributed by atoms with Gasteiger partial charge in [-0.1, -0.05) is 0 Å². The van der Waals surface area contributed by atoms with Crippen LogP contribution in [0.3, 0.4) is 0 Å². The first-order valence-corrected chi connectivity index (χ1v) is 9.73. The van der Waals surface area contributed by atoms with E-state index in [2.05, 4.69) is 4.98 Å². The third-order valence-electron chi connectivity index (χ3n) is 5.92. The molecular weight excluding hydrogens is 360 g/mol. The Hall–Kier alpha value is -2.31. The number of hydrogen-bond acceptors (Lipinski definition) is 5. The second kappa shape index (κ2) is 6.94.